The molecule has 0 spiro atoms. The van der Waals surface area contributed by atoms with Crippen molar-refractivity contribution < 1.29 is 22.3 Å². The van der Waals surface area contributed by atoms with Crippen LogP contribution in [-0.4, -0.2) is 56.5 Å². The molecule has 0 amide bonds. The molecule has 0 bridgehead atoms. The minimum Gasteiger partial charge on any atom is -0.383 e. The van der Waals surface area contributed by atoms with E-state index in [1.807, 2.05) is 6.92 Å². The molecule has 1 aliphatic rings. The van der Waals surface area contributed by atoms with E-state index in [4.69, 9.17) is 4.98 Å². The predicted molar refractivity (Wildman–Crippen MR) is 146 cm³/mol. The fourth-order valence-corrected chi connectivity index (χ4v) is 5.22. The highest BCUT2D eigenvalue weighted by Crippen LogP contribution is 2.48. The smallest absolute Gasteiger partial charge is 0.232 e. The molecular formula is C26H30F2N8O3S. The van der Waals surface area contributed by atoms with Gasteiger partial charge in [0, 0.05) is 43.9 Å². The summed E-state index contributed by atoms with van der Waals surface area (Å²) in [6.07, 6.45) is 4.39. The highest BCUT2D eigenvalue weighted by Gasteiger charge is 2.34. The second kappa shape index (κ2) is 9.63. The van der Waals surface area contributed by atoms with Gasteiger partial charge in [0.25, 0.3) is 0 Å². The van der Waals surface area contributed by atoms with Crippen molar-refractivity contribution in [1.82, 2.24) is 29.7 Å². The summed E-state index contributed by atoms with van der Waals surface area (Å²) in [5.74, 6) is -0.821. The van der Waals surface area contributed by atoms with E-state index in [1.54, 1.807) is 37.7 Å². The molecule has 0 aliphatic heterocycles. The van der Waals surface area contributed by atoms with Gasteiger partial charge in [-0.15, -0.1) is 0 Å². The van der Waals surface area contributed by atoms with Gasteiger partial charge < -0.3 is 19.9 Å². The lowest BCUT2D eigenvalue weighted by atomic mass is 10.1. The Morgan fingerprint density at radius 2 is 1.80 bits per heavy atom. The summed E-state index contributed by atoms with van der Waals surface area (Å²) >= 11 is 0. The van der Waals surface area contributed by atoms with Crippen molar-refractivity contribution >= 4 is 33.1 Å². The number of hydrogen-bond donors (Lipinski definition) is 3. The molecule has 0 saturated heterocycles. The van der Waals surface area contributed by atoms with E-state index < -0.39 is 37.7 Å². The van der Waals surface area contributed by atoms with Crippen LogP contribution in [0.3, 0.4) is 0 Å². The molecule has 5 rings (SSSR count). The molecule has 212 valence electrons. The van der Waals surface area contributed by atoms with Gasteiger partial charge in [0.05, 0.1) is 4.90 Å². The molecule has 40 heavy (non-hydrogen) atoms. The van der Waals surface area contributed by atoms with Gasteiger partial charge in [-0.3, -0.25) is 5.10 Å². The van der Waals surface area contributed by atoms with Gasteiger partial charge in [0.1, 0.15) is 34.3 Å². The highest BCUT2D eigenvalue weighted by molar-refractivity contribution is 7.90. The van der Waals surface area contributed by atoms with Crippen LogP contribution in [-0.2, 0) is 22.5 Å². The zero-order valence-electron chi connectivity index (χ0n) is 22.9. The molecule has 0 atom stereocenters. The quantitative estimate of drug-likeness (QED) is 0.283. The maximum absolute atomic E-state index is 15.2. The van der Waals surface area contributed by atoms with E-state index in [2.05, 4.69) is 25.5 Å². The van der Waals surface area contributed by atoms with E-state index in [0.717, 1.165) is 47.4 Å². The summed E-state index contributed by atoms with van der Waals surface area (Å²) in [6.45, 7) is 5.10. The number of H-pyrrole nitrogens is 1. The summed E-state index contributed by atoms with van der Waals surface area (Å²) in [4.78, 5) is 14.7. The predicted octanol–water partition coefficient (Wildman–Crippen LogP) is 4.21. The van der Waals surface area contributed by atoms with Gasteiger partial charge in [-0.1, -0.05) is 0 Å². The van der Waals surface area contributed by atoms with Crippen LogP contribution in [0.25, 0.3) is 11.4 Å². The molecule has 11 nitrogen and oxygen atoms in total. The topological polar surface area (TPSA) is 142 Å². The average Bonchev–Trinajstić information content (AvgIpc) is 3.47. The van der Waals surface area contributed by atoms with E-state index in [1.165, 1.54) is 7.05 Å². The number of anilines is 4. The maximum atomic E-state index is 15.2. The Kier molecular flexibility index (Phi) is 6.65. The first kappa shape index (κ1) is 27.6. The number of nitrogens with zero attached hydrogens (tertiary/aromatic N) is 6. The fraction of sp³-hybridized carbons (Fsp3) is 0.385. The van der Waals surface area contributed by atoms with Crippen LogP contribution in [0.1, 0.15) is 49.7 Å². The largest absolute Gasteiger partial charge is 0.383 e. The highest BCUT2D eigenvalue weighted by atomic mass is 32.2. The van der Waals surface area contributed by atoms with Crippen molar-refractivity contribution in [2.75, 3.05) is 23.5 Å². The zero-order valence-corrected chi connectivity index (χ0v) is 23.7. The number of nitrogens with one attached hydrogen (secondary N) is 2. The van der Waals surface area contributed by atoms with Crippen molar-refractivity contribution in [2.24, 2.45) is 7.05 Å². The van der Waals surface area contributed by atoms with Crippen molar-refractivity contribution in [3.8, 4) is 11.4 Å². The van der Waals surface area contributed by atoms with Gasteiger partial charge in [0.15, 0.2) is 27.3 Å². The number of aryl methyl sites for hydroxylation is 2. The number of halogens is 2. The monoisotopic (exact) mass is 572 g/mol. The van der Waals surface area contributed by atoms with Crippen molar-refractivity contribution in [3.63, 3.8) is 0 Å². The van der Waals surface area contributed by atoms with Crippen LogP contribution in [0.15, 0.2) is 29.3 Å². The number of sulfone groups is 1. The number of rotatable bonds is 8. The third-order valence-electron chi connectivity index (χ3n) is 6.59. The molecule has 1 saturated carbocycles. The summed E-state index contributed by atoms with van der Waals surface area (Å²) in [6, 6.07) is 3.33. The number of aromatic nitrogens is 6. The first-order chi connectivity index (χ1) is 18.6. The average molecular weight is 573 g/mol. The van der Waals surface area contributed by atoms with E-state index >= 15 is 8.78 Å². The van der Waals surface area contributed by atoms with E-state index in [9.17, 15) is 13.5 Å². The minimum atomic E-state index is -3.84. The Morgan fingerprint density at radius 3 is 2.30 bits per heavy atom. The minimum absolute atomic E-state index is 0.0606. The van der Waals surface area contributed by atoms with Gasteiger partial charge in [-0.25, -0.2) is 27.2 Å². The Hall–Kier alpha value is -3.91. The lowest BCUT2D eigenvalue weighted by Crippen LogP contribution is -2.20. The summed E-state index contributed by atoms with van der Waals surface area (Å²) in [7, 11) is -0.692. The van der Waals surface area contributed by atoms with Crippen molar-refractivity contribution in [1.29, 1.82) is 0 Å². The molecule has 14 heteroatoms. The first-order valence-corrected chi connectivity index (χ1v) is 14.4. The molecule has 3 aromatic heterocycles. The number of imidazole rings is 1. The van der Waals surface area contributed by atoms with Crippen LogP contribution in [0, 0.1) is 18.6 Å². The lowest BCUT2D eigenvalue weighted by Gasteiger charge is -2.22. The standard InChI is InChI=1S/C26H30F2N8O3S/c1-13-9-19(34-33-13)30-23-20(14-7-8-14)21(18-12-35(4)24(29-18)26(2,3)37)31-25(32-23)36(5)22-16(27)10-15(11-17(22)28)40(6,38)39/h9-12,14,37H,7-8H2,1-6H3,(H2,30,31,32,33,34). The Labute approximate surface area is 230 Å². The van der Waals surface area contributed by atoms with Crippen molar-refractivity contribution in [3.05, 3.63) is 53.1 Å². The molecule has 3 heterocycles. The molecule has 1 aliphatic carbocycles. The van der Waals surface area contributed by atoms with Gasteiger partial charge in [-0.05, 0) is 51.7 Å². The third-order valence-corrected chi connectivity index (χ3v) is 7.68. The number of aromatic amines is 1. The number of aliphatic hydroxyl groups is 1. The second-order valence-corrected chi connectivity index (χ2v) is 12.7. The van der Waals surface area contributed by atoms with Gasteiger partial charge in [0.2, 0.25) is 5.95 Å². The lowest BCUT2D eigenvalue weighted by molar-refractivity contribution is 0.0659. The molecular weight excluding hydrogens is 542 g/mol. The second-order valence-electron chi connectivity index (χ2n) is 10.7. The molecule has 0 radical (unpaired) electrons. The molecule has 1 aromatic carbocycles. The zero-order chi connectivity index (χ0) is 29.1. The Bertz CT molecular complexity index is 1700. The normalized spacial score (nSPS) is 14.0. The van der Waals surface area contributed by atoms with Crippen LogP contribution in [0.5, 0.6) is 0 Å². The Balaban J connectivity index is 1.71. The molecule has 4 aromatic rings. The van der Waals surface area contributed by atoms with Crippen molar-refractivity contribution in [2.45, 2.75) is 50.0 Å². The van der Waals surface area contributed by atoms with Crippen LogP contribution < -0.4 is 10.2 Å². The van der Waals surface area contributed by atoms with E-state index in [0.29, 0.717) is 28.8 Å². The molecule has 1 fully saturated rings. The number of benzene rings is 1. The van der Waals surface area contributed by atoms with Crippen LogP contribution >= 0.6 is 0 Å². The fourth-order valence-electron chi connectivity index (χ4n) is 4.59. The third kappa shape index (κ3) is 5.28. The van der Waals surface area contributed by atoms with Gasteiger partial charge >= 0.3 is 0 Å². The summed E-state index contributed by atoms with van der Waals surface area (Å²) in [5.41, 5.74) is 0.725. The van der Waals surface area contributed by atoms with Crippen LogP contribution in [0.4, 0.5) is 32.1 Å². The van der Waals surface area contributed by atoms with Crippen LogP contribution in [0.2, 0.25) is 0 Å². The molecule has 0 unspecified atom stereocenters. The van der Waals surface area contributed by atoms with Gasteiger partial charge in [-0.2, -0.15) is 10.1 Å². The molecule has 3 N–H and O–H groups in total. The number of hydrogen-bond acceptors (Lipinski definition) is 9. The van der Waals surface area contributed by atoms with E-state index in [-0.39, 0.29) is 11.9 Å². The maximum Gasteiger partial charge on any atom is 0.232 e. The Morgan fingerprint density at radius 1 is 1.15 bits per heavy atom. The first-order valence-electron chi connectivity index (χ1n) is 12.5. The summed E-state index contributed by atoms with van der Waals surface area (Å²) in [5, 5.41) is 20.9. The SMILES string of the molecule is Cc1cc(Nc2nc(N(C)c3c(F)cc(S(C)(=O)=O)cc3F)nc(-c3cn(C)c(C(C)(C)O)n3)c2C2CC2)n[nH]1. The summed E-state index contributed by atoms with van der Waals surface area (Å²) < 4.78 is 55.9.